The molecule has 1 aromatic heterocycles. The number of anilines is 1. The average Bonchev–Trinajstić information content (AvgIpc) is 2.87. The van der Waals surface area contributed by atoms with Crippen LogP contribution in [0.1, 0.15) is 16.6 Å². The molecule has 5 nitrogen and oxygen atoms in total. The molecular formula is C11H18N4OS. The fourth-order valence-electron chi connectivity index (χ4n) is 1.70. The molecule has 1 saturated heterocycles. The largest absolute Gasteiger partial charge is 0.351 e. The predicted molar refractivity (Wildman–Crippen MR) is 69.8 cm³/mol. The second-order valence-corrected chi connectivity index (χ2v) is 5.07. The molecule has 0 atom stereocenters. The molecule has 0 radical (unpaired) electrons. The maximum atomic E-state index is 12.2. The summed E-state index contributed by atoms with van der Waals surface area (Å²) < 4.78 is 0. The highest BCUT2D eigenvalue weighted by Crippen LogP contribution is 2.22. The number of nitrogens with one attached hydrogen (secondary N) is 1. The molecular weight excluding hydrogens is 236 g/mol. The van der Waals surface area contributed by atoms with Crippen LogP contribution in [-0.2, 0) is 0 Å². The minimum Gasteiger partial charge on any atom is -0.351 e. The Hall–Kier alpha value is -1.14. The fourth-order valence-corrected chi connectivity index (χ4v) is 2.61. The number of nitrogens with zero attached hydrogens (tertiary/aromatic N) is 3. The highest BCUT2D eigenvalue weighted by molar-refractivity contribution is 7.17. The van der Waals surface area contributed by atoms with Crippen LogP contribution in [0.2, 0.25) is 0 Å². The van der Waals surface area contributed by atoms with Crippen molar-refractivity contribution in [2.75, 3.05) is 44.7 Å². The Morgan fingerprint density at radius 1 is 1.59 bits per heavy atom. The second kappa shape index (κ2) is 5.46. The molecule has 0 aromatic carbocycles. The van der Waals surface area contributed by atoms with E-state index in [1.807, 2.05) is 16.8 Å². The third-order valence-corrected chi connectivity index (χ3v) is 4.01. The predicted octanol–water partition coefficient (Wildman–Crippen LogP) is 0.645. The molecule has 0 aliphatic carbocycles. The summed E-state index contributed by atoms with van der Waals surface area (Å²) in [6, 6.07) is 0. The van der Waals surface area contributed by atoms with E-state index in [2.05, 4.69) is 17.2 Å². The van der Waals surface area contributed by atoms with E-state index in [1.165, 1.54) is 11.3 Å². The molecule has 0 unspecified atom stereocenters. The summed E-state index contributed by atoms with van der Waals surface area (Å²) in [4.78, 5) is 21.1. The molecule has 1 fully saturated rings. The first kappa shape index (κ1) is 12.3. The Kier molecular flexibility index (Phi) is 3.96. The number of hydrogen-bond acceptors (Lipinski definition) is 5. The van der Waals surface area contributed by atoms with Gasteiger partial charge in [0.1, 0.15) is 4.88 Å². The van der Waals surface area contributed by atoms with Crippen LogP contribution in [0.15, 0.2) is 6.20 Å². The van der Waals surface area contributed by atoms with Gasteiger partial charge >= 0.3 is 0 Å². The Bertz CT molecular complexity index is 387. The first-order chi connectivity index (χ1) is 8.22. The minimum absolute atomic E-state index is 0.111. The lowest BCUT2D eigenvalue weighted by Gasteiger charge is -2.26. The van der Waals surface area contributed by atoms with Gasteiger partial charge in [0, 0.05) is 39.8 Å². The van der Waals surface area contributed by atoms with Crippen molar-refractivity contribution in [3.8, 4) is 0 Å². The monoisotopic (exact) mass is 254 g/mol. The van der Waals surface area contributed by atoms with E-state index < -0.39 is 0 Å². The SMILES string of the molecule is CCN(C)c1ncc(C(=O)N2CCNCC2)s1. The van der Waals surface area contributed by atoms with E-state index in [9.17, 15) is 4.79 Å². The number of piperazine rings is 1. The summed E-state index contributed by atoms with van der Waals surface area (Å²) in [6.45, 7) is 6.30. The lowest BCUT2D eigenvalue weighted by molar-refractivity contribution is 0.0740. The zero-order chi connectivity index (χ0) is 12.3. The summed E-state index contributed by atoms with van der Waals surface area (Å²) in [5.41, 5.74) is 0. The van der Waals surface area contributed by atoms with Crippen LogP contribution in [0.25, 0.3) is 0 Å². The van der Waals surface area contributed by atoms with Crippen LogP contribution >= 0.6 is 11.3 Å². The second-order valence-electron chi connectivity index (χ2n) is 4.06. The molecule has 1 aliphatic heterocycles. The van der Waals surface area contributed by atoms with Crippen molar-refractivity contribution in [3.05, 3.63) is 11.1 Å². The molecule has 6 heteroatoms. The van der Waals surface area contributed by atoms with Gasteiger partial charge in [-0.25, -0.2) is 4.98 Å². The van der Waals surface area contributed by atoms with E-state index >= 15 is 0 Å². The van der Waals surface area contributed by atoms with Crippen LogP contribution in [-0.4, -0.2) is 55.6 Å². The topological polar surface area (TPSA) is 48.5 Å². The molecule has 2 heterocycles. The molecule has 1 N–H and O–H groups in total. The van der Waals surface area contributed by atoms with Crippen molar-refractivity contribution in [1.82, 2.24) is 15.2 Å². The van der Waals surface area contributed by atoms with Crippen molar-refractivity contribution in [1.29, 1.82) is 0 Å². The fraction of sp³-hybridized carbons (Fsp3) is 0.636. The number of aromatic nitrogens is 1. The zero-order valence-corrected chi connectivity index (χ0v) is 11.1. The Morgan fingerprint density at radius 3 is 2.94 bits per heavy atom. The van der Waals surface area contributed by atoms with Gasteiger partial charge < -0.3 is 15.1 Å². The minimum atomic E-state index is 0.111. The Balaban J connectivity index is 2.06. The maximum absolute atomic E-state index is 12.2. The Labute approximate surface area is 105 Å². The summed E-state index contributed by atoms with van der Waals surface area (Å²) >= 11 is 1.47. The summed E-state index contributed by atoms with van der Waals surface area (Å²) in [6.07, 6.45) is 1.69. The van der Waals surface area contributed by atoms with Gasteiger partial charge in [-0.3, -0.25) is 4.79 Å². The number of hydrogen-bond donors (Lipinski definition) is 1. The van der Waals surface area contributed by atoms with E-state index in [0.717, 1.165) is 42.7 Å². The van der Waals surface area contributed by atoms with Gasteiger partial charge in [0.2, 0.25) is 0 Å². The zero-order valence-electron chi connectivity index (χ0n) is 10.3. The highest BCUT2D eigenvalue weighted by atomic mass is 32.1. The van der Waals surface area contributed by atoms with E-state index in [0.29, 0.717) is 0 Å². The molecule has 1 aromatic rings. The summed E-state index contributed by atoms with van der Waals surface area (Å²) in [5.74, 6) is 0.111. The third-order valence-electron chi connectivity index (χ3n) is 2.91. The van der Waals surface area contributed by atoms with Crippen LogP contribution in [0, 0.1) is 0 Å². The maximum Gasteiger partial charge on any atom is 0.265 e. The quantitative estimate of drug-likeness (QED) is 0.860. The van der Waals surface area contributed by atoms with Gasteiger partial charge in [-0.15, -0.1) is 0 Å². The average molecular weight is 254 g/mol. The molecule has 0 bridgehead atoms. The first-order valence-corrected chi connectivity index (χ1v) is 6.71. The van der Waals surface area contributed by atoms with Crippen molar-refractivity contribution >= 4 is 22.4 Å². The van der Waals surface area contributed by atoms with E-state index in [-0.39, 0.29) is 5.91 Å². The normalized spacial score (nSPS) is 16.0. The Morgan fingerprint density at radius 2 is 2.29 bits per heavy atom. The van der Waals surface area contributed by atoms with Gasteiger partial charge in [-0.05, 0) is 6.92 Å². The highest BCUT2D eigenvalue weighted by Gasteiger charge is 2.20. The van der Waals surface area contributed by atoms with Crippen molar-refractivity contribution in [2.24, 2.45) is 0 Å². The van der Waals surface area contributed by atoms with Gasteiger partial charge in [-0.2, -0.15) is 0 Å². The summed E-state index contributed by atoms with van der Waals surface area (Å²) in [7, 11) is 1.98. The van der Waals surface area contributed by atoms with E-state index in [4.69, 9.17) is 0 Å². The lowest BCUT2D eigenvalue weighted by Crippen LogP contribution is -2.46. The van der Waals surface area contributed by atoms with Crippen LogP contribution in [0.5, 0.6) is 0 Å². The number of thiazole rings is 1. The molecule has 0 saturated carbocycles. The van der Waals surface area contributed by atoms with Crippen LogP contribution < -0.4 is 10.2 Å². The van der Waals surface area contributed by atoms with Gasteiger partial charge in [-0.1, -0.05) is 11.3 Å². The lowest BCUT2D eigenvalue weighted by atomic mass is 10.3. The number of carbonyl (C=O) groups excluding carboxylic acids is 1. The number of amides is 1. The number of rotatable bonds is 3. The molecule has 0 spiro atoms. The smallest absolute Gasteiger partial charge is 0.265 e. The van der Waals surface area contributed by atoms with Crippen molar-refractivity contribution < 1.29 is 4.79 Å². The number of carbonyl (C=O) groups is 1. The molecule has 2 rings (SSSR count). The van der Waals surface area contributed by atoms with Crippen LogP contribution in [0.3, 0.4) is 0 Å². The first-order valence-electron chi connectivity index (χ1n) is 5.89. The standard InChI is InChI=1S/C11H18N4OS/c1-3-14(2)11-13-8-9(17-11)10(16)15-6-4-12-5-7-15/h8,12H,3-7H2,1-2H3. The van der Waals surface area contributed by atoms with Crippen molar-refractivity contribution in [2.45, 2.75) is 6.92 Å². The molecule has 94 valence electrons. The third kappa shape index (κ3) is 2.76. The van der Waals surface area contributed by atoms with Gasteiger partial charge in [0.15, 0.2) is 5.13 Å². The van der Waals surface area contributed by atoms with Crippen molar-refractivity contribution in [3.63, 3.8) is 0 Å². The summed E-state index contributed by atoms with van der Waals surface area (Å²) in [5, 5.41) is 4.15. The van der Waals surface area contributed by atoms with Crippen LogP contribution in [0.4, 0.5) is 5.13 Å². The van der Waals surface area contributed by atoms with Gasteiger partial charge in [0.25, 0.3) is 5.91 Å². The molecule has 1 amide bonds. The molecule has 1 aliphatic rings. The van der Waals surface area contributed by atoms with E-state index in [1.54, 1.807) is 6.20 Å². The molecule has 17 heavy (non-hydrogen) atoms. The van der Waals surface area contributed by atoms with Gasteiger partial charge in [0.05, 0.1) is 6.20 Å².